The van der Waals surface area contributed by atoms with Crippen molar-refractivity contribution in [3.05, 3.63) is 23.1 Å². The van der Waals surface area contributed by atoms with Crippen molar-refractivity contribution in [3.8, 4) is 0 Å². The Morgan fingerprint density at radius 1 is 1.39 bits per heavy atom. The Balaban J connectivity index is 1.62. The van der Waals surface area contributed by atoms with Crippen LogP contribution in [0.25, 0.3) is 16.8 Å². The van der Waals surface area contributed by atoms with Crippen molar-refractivity contribution in [2.75, 3.05) is 25.0 Å². The second kappa shape index (κ2) is 6.84. The van der Waals surface area contributed by atoms with Crippen LogP contribution in [-0.2, 0) is 4.74 Å². The van der Waals surface area contributed by atoms with Crippen molar-refractivity contribution < 1.29 is 9.53 Å². The molecule has 0 aromatic carbocycles. The molecule has 9 nitrogen and oxygen atoms in total. The van der Waals surface area contributed by atoms with E-state index in [2.05, 4.69) is 36.0 Å². The number of nitrogens with zero attached hydrogens (tertiary/aromatic N) is 7. The number of anilines is 1. The van der Waals surface area contributed by atoms with Crippen LogP contribution in [0.5, 0.6) is 0 Å². The predicted molar refractivity (Wildman–Crippen MR) is 108 cm³/mol. The van der Waals surface area contributed by atoms with Crippen LogP contribution >= 0.6 is 15.9 Å². The fraction of sp³-hybridized carbons (Fsp3) is 0.500. The second-order valence-electron chi connectivity index (χ2n) is 7.94. The van der Waals surface area contributed by atoms with Crippen LogP contribution < -0.4 is 4.90 Å². The number of hydrogen-bond donors (Lipinski definition) is 0. The smallest absolute Gasteiger partial charge is 0.410 e. The summed E-state index contributed by atoms with van der Waals surface area (Å²) in [5, 5.41) is 8.31. The summed E-state index contributed by atoms with van der Waals surface area (Å²) in [6.07, 6.45) is 3.89. The first-order valence-electron chi connectivity index (χ1n) is 9.09. The molecule has 10 heteroatoms. The van der Waals surface area contributed by atoms with E-state index in [1.165, 1.54) is 0 Å². The van der Waals surface area contributed by atoms with E-state index in [4.69, 9.17) is 9.72 Å². The van der Waals surface area contributed by atoms with Gasteiger partial charge in [0.15, 0.2) is 11.5 Å². The summed E-state index contributed by atoms with van der Waals surface area (Å²) in [6, 6.07) is 1.98. The number of rotatable bonds is 2. The Morgan fingerprint density at radius 3 is 2.93 bits per heavy atom. The standard InChI is InChI=1S/C18H22BrN7O2/c1-18(2,3)28-17(27)24(4)12-5-6-25(9-12)15-16-23-21-10-26(16)13-7-11(19)8-20-14(13)22-15/h7-8,10,12H,5-6,9H2,1-4H3/t12-/m1/s1. The van der Waals surface area contributed by atoms with Crippen LogP contribution in [0.4, 0.5) is 10.6 Å². The second-order valence-corrected chi connectivity index (χ2v) is 8.85. The number of likely N-dealkylation sites (N-methyl/N-ethyl adjacent to an activating group) is 1. The molecule has 1 amide bonds. The fourth-order valence-electron chi connectivity index (χ4n) is 3.34. The van der Waals surface area contributed by atoms with Crippen LogP contribution in [0, 0.1) is 0 Å². The van der Waals surface area contributed by atoms with Gasteiger partial charge in [-0.1, -0.05) is 0 Å². The molecule has 0 bridgehead atoms. The SMILES string of the molecule is CN(C(=O)OC(C)(C)C)[C@@H]1CCN(c2nc3ncc(Br)cc3n3cnnc23)C1. The lowest BCUT2D eigenvalue weighted by atomic mass is 10.2. The summed E-state index contributed by atoms with van der Waals surface area (Å²) >= 11 is 3.45. The summed E-state index contributed by atoms with van der Waals surface area (Å²) in [5.41, 5.74) is 1.61. The number of carbonyl (C=O) groups is 1. The van der Waals surface area contributed by atoms with Gasteiger partial charge in [-0.05, 0) is 49.2 Å². The highest BCUT2D eigenvalue weighted by Gasteiger charge is 2.33. The lowest BCUT2D eigenvalue weighted by Gasteiger charge is -2.28. The third-order valence-corrected chi connectivity index (χ3v) is 5.16. The molecule has 4 heterocycles. The van der Waals surface area contributed by atoms with Gasteiger partial charge in [-0.25, -0.2) is 14.8 Å². The highest BCUT2D eigenvalue weighted by atomic mass is 79.9. The monoisotopic (exact) mass is 447 g/mol. The maximum absolute atomic E-state index is 12.4. The molecule has 0 spiro atoms. The first-order chi connectivity index (χ1) is 13.2. The van der Waals surface area contributed by atoms with Crippen molar-refractivity contribution in [2.45, 2.75) is 38.8 Å². The molecular weight excluding hydrogens is 426 g/mol. The van der Waals surface area contributed by atoms with E-state index in [0.717, 1.165) is 28.8 Å². The molecule has 1 aliphatic rings. The lowest BCUT2D eigenvalue weighted by Crippen LogP contribution is -2.42. The van der Waals surface area contributed by atoms with Gasteiger partial charge in [0.2, 0.25) is 5.65 Å². The van der Waals surface area contributed by atoms with Crippen molar-refractivity contribution in [1.82, 2.24) is 29.5 Å². The summed E-state index contributed by atoms with van der Waals surface area (Å²) in [7, 11) is 1.78. The summed E-state index contributed by atoms with van der Waals surface area (Å²) < 4.78 is 8.25. The van der Waals surface area contributed by atoms with Gasteiger partial charge in [0.25, 0.3) is 0 Å². The molecular formula is C18H22BrN7O2. The third-order valence-electron chi connectivity index (χ3n) is 4.73. The Hall–Kier alpha value is -2.49. The molecule has 148 valence electrons. The maximum Gasteiger partial charge on any atom is 0.410 e. The average molecular weight is 448 g/mol. The maximum atomic E-state index is 12.4. The quantitative estimate of drug-likeness (QED) is 0.596. The zero-order valence-electron chi connectivity index (χ0n) is 16.3. The molecule has 3 aromatic rings. The van der Waals surface area contributed by atoms with Gasteiger partial charge in [0.1, 0.15) is 11.9 Å². The molecule has 0 saturated carbocycles. The Kier molecular flexibility index (Phi) is 4.60. The highest BCUT2D eigenvalue weighted by molar-refractivity contribution is 9.10. The predicted octanol–water partition coefficient (Wildman–Crippen LogP) is 2.88. The first-order valence-corrected chi connectivity index (χ1v) is 9.88. The van der Waals surface area contributed by atoms with Gasteiger partial charge in [-0.2, -0.15) is 0 Å². The molecule has 1 aliphatic heterocycles. The van der Waals surface area contributed by atoms with Gasteiger partial charge in [-0.15, -0.1) is 10.2 Å². The Bertz CT molecular complexity index is 1050. The van der Waals surface area contributed by atoms with Gasteiger partial charge < -0.3 is 14.5 Å². The normalized spacial score (nSPS) is 17.5. The van der Waals surface area contributed by atoms with E-state index in [1.54, 1.807) is 24.5 Å². The number of ether oxygens (including phenoxy) is 1. The Labute approximate surface area is 170 Å². The molecule has 1 fully saturated rings. The molecule has 3 aromatic heterocycles. The number of hydrogen-bond acceptors (Lipinski definition) is 7. The topological polar surface area (TPSA) is 88.8 Å². The Morgan fingerprint density at radius 2 is 2.18 bits per heavy atom. The lowest BCUT2D eigenvalue weighted by molar-refractivity contribution is 0.0238. The largest absolute Gasteiger partial charge is 0.444 e. The van der Waals surface area contributed by atoms with E-state index in [9.17, 15) is 4.79 Å². The molecule has 4 rings (SSSR count). The summed E-state index contributed by atoms with van der Waals surface area (Å²) in [6.45, 7) is 7.01. The van der Waals surface area contributed by atoms with Crippen LogP contribution in [-0.4, -0.2) is 67.3 Å². The number of carbonyl (C=O) groups excluding carboxylic acids is 1. The van der Waals surface area contributed by atoms with E-state index < -0.39 is 5.60 Å². The van der Waals surface area contributed by atoms with Crippen molar-refractivity contribution in [3.63, 3.8) is 0 Å². The van der Waals surface area contributed by atoms with Gasteiger partial charge in [0, 0.05) is 30.8 Å². The van der Waals surface area contributed by atoms with Crippen molar-refractivity contribution >= 4 is 44.7 Å². The first kappa shape index (κ1) is 18.9. The van der Waals surface area contributed by atoms with E-state index in [1.807, 2.05) is 31.2 Å². The van der Waals surface area contributed by atoms with Crippen molar-refractivity contribution in [1.29, 1.82) is 0 Å². The summed E-state index contributed by atoms with van der Waals surface area (Å²) in [5.74, 6) is 0.722. The van der Waals surface area contributed by atoms with Crippen LogP contribution in [0.2, 0.25) is 0 Å². The number of pyridine rings is 1. The minimum Gasteiger partial charge on any atom is -0.444 e. The summed E-state index contributed by atoms with van der Waals surface area (Å²) in [4.78, 5) is 25.3. The average Bonchev–Trinajstić information content (AvgIpc) is 3.29. The van der Waals surface area contributed by atoms with E-state index in [-0.39, 0.29) is 12.1 Å². The van der Waals surface area contributed by atoms with Crippen LogP contribution in [0.15, 0.2) is 23.1 Å². The molecule has 1 atom stereocenters. The number of fused-ring (bicyclic) bond motifs is 3. The van der Waals surface area contributed by atoms with Gasteiger partial charge >= 0.3 is 6.09 Å². The molecule has 28 heavy (non-hydrogen) atoms. The fourth-order valence-corrected chi connectivity index (χ4v) is 3.66. The minimum absolute atomic E-state index is 0.0354. The zero-order chi connectivity index (χ0) is 20.1. The van der Waals surface area contributed by atoms with Crippen LogP contribution in [0.1, 0.15) is 27.2 Å². The van der Waals surface area contributed by atoms with Gasteiger partial charge in [0.05, 0.1) is 11.6 Å². The van der Waals surface area contributed by atoms with Crippen molar-refractivity contribution in [2.24, 2.45) is 0 Å². The van der Waals surface area contributed by atoms with E-state index in [0.29, 0.717) is 17.8 Å². The highest BCUT2D eigenvalue weighted by Crippen LogP contribution is 2.28. The molecule has 0 aliphatic carbocycles. The molecule has 0 unspecified atom stereocenters. The molecule has 0 radical (unpaired) electrons. The van der Waals surface area contributed by atoms with Crippen LogP contribution in [0.3, 0.4) is 0 Å². The number of amides is 1. The molecule has 1 saturated heterocycles. The third kappa shape index (κ3) is 3.48. The minimum atomic E-state index is -0.517. The number of aromatic nitrogens is 5. The number of halogens is 1. The molecule has 0 N–H and O–H groups in total. The van der Waals surface area contributed by atoms with Gasteiger partial charge in [-0.3, -0.25) is 4.40 Å². The van der Waals surface area contributed by atoms with E-state index >= 15 is 0 Å². The zero-order valence-corrected chi connectivity index (χ0v) is 17.8.